The third kappa shape index (κ3) is 4.26. The van der Waals surface area contributed by atoms with E-state index in [4.69, 9.17) is 23.2 Å². The molecule has 1 aromatic heterocycles. The number of hydrogen-bond donors (Lipinski definition) is 0. The molecule has 0 bridgehead atoms. The maximum atomic E-state index is 12.8. The highest BCUT2D eigenvalue weighted by Gasteiger charge is 2.32. The van der Waals surface area contributed by atoms with Crippen LogP contribution in [0.4, 0.5) is 5.13 Å². The number of amides is 1. The second-order valence-corrected chi connectivity index (χ2v) is 8.73. The van der Waals surface area contributed by atoms with Crippen LogP contribution in [0, 0.1) is 0 Å². The summed E-state index contributed by atoms with van der Waals surface area (Å²) < 4.78 is 0. The van der Waals surface area contributed by atoms with Crippen LogP contribution in [-0.4, -0.2) is 27.5 Å². The highest BCUT2D eigenvalue weighted by molar-refractivity contribution is 8.18. The van der Waals surface area contributed by atoms with E-state index in [-0.39, 0.29) is 5.91 Å². The first-order valence-electron chi connectivity index (χ1n) is 8.82. The van der Waals surface area contributed by atoms with E-state index in [2.05, 4.69) is 9.98 Å². The lowest BCUT2D eigenvalue weighted by atomic mass is 10.2. The van der Waals surface area contributed by atoms with Crippen LogP contribution in [-0.2, 0) is 4.79 Å². The molecular formula is C21H15Cl2N3OS2. The lowest BCUT2D eigenvalue weighted by molar-refractivity contribution is -0.122. The van der Waals surface area contributed by atoms with E-state index in [1.54, 1.807) is 29.2 Å². The summed E-state index contributed by atoms with van der Waals surface area (Å²) in [5.74, 6) is -0.118. The molecule has 0 saturated carbocycles. The Hall–Kier alpha value is -2.12. The van der Waals surface area contributed by atoms with E-state index in [1.807, 2.05) is 42.6 Å². The first-order valence-corrected chi connectivity index (χ1v) is 11.3. The Morgan fingerprint density at radius 2 is 1.83 bits per heavy atom. The van der Waals surface area contributed by atoms with Crippen LogP contribution in [0.3, 0.4) is 0 Å². The largest absolute Gasteiger partial charge is 0.287 e. The fourth-order valence-electron chi connectivity index (χ4n) is 2.79. The Balaban J connectivity index is 1.65. The topological polar surface area (TPSA) is 45.6 Å². The zero-order valence-corrected chi connectivity index (χ0v) is 18.4. The molecule has 1 amide bonds. The minimum atomic E-state index is -0.118. The number of carbonyl (C=O) groups excluding carboxylic acids is 1. The average molecular weight is 460 g/mol. The van der Waals surface area contributed by atoms with E-state index >= 15 is 0 Å². The van der Waals surface area contributed by atoms with Crippen molar-refractivity contribution in [2.75, 3.05) is 6.54 Å². The van der Waals surface area contributed by atoms with Gasteiger partial charge in [-0.25, -0.2) is 4.98 Å². The Bertz CT molecular complexity index is 1110. The predicted octanol–water partition coefficient (Wildman–Crippen LogP) is 6.74. The maximum absolute atomic E-state index is 12.8. The lowest BCUT2D eigenvalue weighted by Gasteiger charge is -2.11. The van der Waals surface area contributed by atoms with E-state index in [9.17, 15) is 4.79 Å². The van der Waals surface area contributed by atoms with Gasteiger partial charge in [0.05, 0.1) is 10.6 Å². The van der Waals surface area contributed by atoms with E-state index in [0.717, 1.165) is 11.3 Å². The summed E-state index contributed by atoms with van der Waals surface area (Å²) in [7, 11) is 0. The van der Waals surface area contributed by atoms with Crippen LogP contribution < -0.4 is 0 Å². The first-order chi connectivity index (χ1) is 14.1. The standard InChI is InChI=1S/C21H15Cl2N3OS2/c1-2-26-19(27)18(11-14-15(22)9-6-10-16(14)23)29-21(26)25-20-24-17(12-28-20)13-7-4-3-5-8-13/h3-12H,2H2,1H3/b18-11-,25-21+. The van der Waals surface area contributed by atoms with Gasteiger partial charge in [0.25, 0.3) is 5.91 Å². The van der Waals surface area contributed by atoms with Gasteiger partial charge in [0, 0.05) is 33.1 Å². The molecule has 1 aliphatic rings. The van der Waals surface area contributed by atoms with Gasteiger partial charge in [-0.05, 0) is 36.9 Å². The van der Waals surface area contributed by atoms with Crippen LogP contribution in [0.15, 0.2) is 63.8 Å². The molecule has 0 aliphatic carbocycles. The first kappa shape index (κ1) is 20.2. The van der Waals surface area contributed by atoms with Crippen molar-refractivity contribution >= 4 is 68.6 Å². The molecule has 0 spiro atoms. The molecule has 29 heavy (non-hydrogen) atoms. The van der Waals surface area contributed by atoms with E-state index in [1.165, 1.54) is 23.1 Å². The average Bonchev–Trinajstić information content (AvgIpc) is 3.30. The number of aliphatic imine (C=N–C) groups is 1. The third-order valence-corrected chi connectivity index (χ3v) is 6.63. The molecule has 0 unspecified atom stereocenters. The van der Waals surface area contributed by atoms with Crippen LogP contribution >= 0.6 is 46.3 Å². The number of likely N-dealkylation sites (N-methyl/N-ethyl adjacent to an activating group) is 1. The zero-order chi connectivity index (χ0) is 20.4. The maximum Gasteiger partial charge on any atom is 0.266 e. The van der Waals surface area contributed by atoms with Crippen molar-refractivity contribution in [3.8, 4) is 11.3 Å². The number of hydrogen-bond acceptors (Lipinski definition) is 5. The van der Waals surface area contributed by atoms with Gasteiger partial charge >= 0.3 is 0 Å². The van der Waals surface area contributed by atoms with Crippen molar-refractivity contribution in [1.29, 1.82) is 0 Å². The summed E-state index contributed by atoms with van der Waals surface area (Å²) in [6.07, 6.45) is 1.72. The van der Waals surface area contributed by atoms with E-state index in [0.29, 0.717) is 37.4 Å². The van der Waals surface area contributed by atoms with Gasteiger partial charge < -0.3 is 0 Å². The van der Waals surface area contributed by atoms with Gasteiger partial charge in [-0.15, -0.1) is 11.3 Å². The summed E-state index contributed by atoms with van der Waals surface area (Å²) >= 11 is 15.2. The molecule has 0 radical (unpaired) electrons. The Kier molecular flexibility index (Phi) is 6.06. The minimum absolute atomic E-state index is 0.118. The fraction of sp³-hybridized carbons (Fsp3) is 0.0952. The number of thiazole rings is 1. The van der Waals surface area contributed by atoms with Crippen molar-refractivity contribution in [3.05, 3.63) is 74.4 Å². The summed E-state index contributed by atoms with van der Waals surface area (Å²) in [4.78, 5) is 24.2. The summed E-state index contributed by atoms with van der Waals surface area (Å²) in [5, 5.41) is 4.17. The van der Waals surface area contributed by atoms with Crippen LogP contribution in [0.1, 0.15) is 12.5 Å². The van der Waals surface area contributed by atoms with Gasteiger partial charge in [-0.1, -0.05) is 59.6 Å². The predicted molar refractivity (Wildman–Crippen MR) is 124 cm³/mol. The number of nitrogens with zero attached hydrogens (tertiary/aromatic N) is 3. The summed E-state index contributed by atoms with van der Waals surface area (Å²) in [5.41, 5.74) is 2.53. The molecule has 3 aromatic rings. The Morgan fingerprint density at radius 3 is 2.52 bits per heavy atom. The molecule has 4 nitrogen and oxygen atoms in total. The van der Waals surface area contributed by atoms with Crippen molar-refractivity contribution in [2.45, 2.75) is 6.92 Å². The number of benzene rings is 2. The molecule has 0 N–H and O–H groups in total. The van der Waals surface area contributed by atoms with Crippen molar-refractivity contribution in [2.24, 2.45) is 4.99 Å². The molecule has 2 heterocycles. The molecule has 146 valence electrons. The number of amidine groups is 1. The molecular weight excluding hydrogens is 445 g/mol. The quantitative estimate of drug-likeness (QED) is 0.405. The summed E-state index contributed by atoms with van der Waals surface area (Å²) in [6.45, 7) is 2.42. The van der Waals surface area contributed by atoms with Gasteiger partial charge in [0.1, 0.15) is 0 Å². The van der Waals surface area contributed by atoms with Crippen molar-refractivity contribution in [1.82, 2.24) is 9.88 Å². The highest BCUT2D eigenvalue weighted by atomic mass is 35.5. The van der Waals surface area contributed by atoms with Crippen LogP contribution in [0.2, 0.25) is 10.0 Å². The molecule has 8 heteroatoms. The monoisotopic (exact) mass is 459 g/mol. The number of halogens is 2. The summed E-state index contributed by atoms with van der Waals surface area (Å²) in [6, 6.07) is 15.2. The molecule has 4 rings (SSSR count). The number of thioether (sulfide) groups is 1. The molecule has 1 saturated heterocycles. The van der Waals surface area contributed by atoms with Gasteiger partial charge in [0.2, 0.25) is 5.13 Å². The highest BCUT2D eigenvalue weighted by Crippen LogP contribution is 2.37. The normalized spacial score (nSPS) is 16.9. The SMILES string of the molecule is CCN1C(=O)/C(=C/c2c(Cl)cccc2Cl)S/C1=N/c1nc(-c2ccccc2)cs1. The Labute approximate surface area is 186 Å². The smallest absolute Gasteiger partial charge is 0.266 e. The van der Waals surface area contributed by atoms with E-state index < -0.39 is 0 Å². The molecule has 1 aliphatic heterocycles. The number of rotatable bonds is 4. The molecule has 2 aromatic carbocycles. The third-order valence-electron chi connectivity index (χ3n) is 4.23. The van der Waals surface area contributed by atoms with Crippen LogP contribution in [0.25, 0.3) is 17.3 Å². The van der Waals surface area contributed by atoms with Crippen molar-refractivity contribution < 1.29 is 4.79 Å². The van der Waals surface area contributed by atoms with Gasteiger partial charge in [-0.3, -0.25) is 9.69 Å². The fourth-order valence-corrected chi connectivity index (χ4v) is 5.07. The second kappa shape index (κ2) is 8.71. The van der Waals surface area contributed by atoms with Crippen molar-refractivity contribution in [3.63, 3.8) is 0 Å². The Morgan fingerprint density at radius 1 is 1.10 bits per heavy atom. The zero-order valence-electron chi connectivity index (χ0n) is 15.3. The number of aromatic nitrogens is 1. The molecule has 1 fully saturated rings. The second-order valence-electron chi connectivity index (χ2n) is 6.07. The lowest BCUT2D eigenvalue weighted by Crippen LogP contribution is -2.28. The minimum Gasteiger partial charge on any atom is -0.287 e. The van der Waals surface area contributed by atoms with Gasteiger partial charge in [0.15, 0.2) is 5.17 Å². The van der Waals surface area contributed by atoms with Gasteiger partial charge in [-0.2, -0.15) is 4.99 Å². The molecule has 0 atom stereocenters. The number of carbonyl (C=O) groups is 1. The van der Waals surface area contributed by atoms with Crippen LogP contribution in [0.5, 0.6) is 0 Å².